The molecule has 0 radical (unpaired) electrons. The second kappa shape index (κ2) is 18.8. The average molecular weight is 993 g/mol. The first kappa shape index (κ1) is 51.4. The highest BCUT2D eigenvalue weighted by molar-refractivity contribution is 6.11. The van der Waals surface area contributed by atoms with Gasteiger partial charge >= 0.3 is 36.6 Å². The van der Waals surface area contributed by atoms with E-state index in [0.29, 0.717) is 36.4 Å². The van der Waals surface area contributed by atoms with Gasteiger partial charge in [0.25, 0.3) is 11.8 Å². The number of carboxylic acid groups (broad SMARTS) is 2. The minimum Gasteiger partial charge on any atom is -0.478 e. The fourth-order valence-corrected chi connectivity index (χ4v) is 7.63. The molecule has 0 aliphatic rings. The smallest absolute Gasteiger partial charge is 0.411 e. The number of aryl methyl sites for hydroxylation is 1. The summed E-state index contributed by atoms with van der Waals surface area (Å²) in [5, 5.41) is 23.3. The van der Waals surface area contributed by atoms with E-state index < -0.39 is 104 Å². The lowest BCUT2D eigenvalue weighted by molar-refractivity contribution is -0.290. The fourth-order valence-electron chi connectivity index (χ4n) is 7.63. The Hall–Kier alpha value is -8.04. The Labute approximate surface area is 387 Å². The van der Waals surface area contributed by atoms with E-state index in [0.717, 1.165) is 61.1 Å². The molecule has 0 spiro atoms. The SMILES string of the molecule is CNC(=O)c1cc(C(c2ccc(C(=O)O)c(C(=O)Nc3ccc(Oc4ccc(C(c5ccc(Oc6ccc(C)cc6)cc5)(C(F)(F)F)C(F)(F)F)cc4)cc3)c2)(C(F)(F)F)C(F)(F)F)ccc1C(=O)O. The third-order valence-corrected chi connectivity index (χ3v) is 11.0. The van der Waals surface area contributed by atoms with Gasteiger partial charge in [0.05, 0.1) is 22.3 Å². The van der Waals surface area contributed by atoms with Crippen LogP contribution in [0.25, 0.3) is 0 Å². The Kier molecular flexibility index (Phi) is 13.8. The summed E-state index contributed by atoms with van der Waals surface area (Å²) in [5.41, 5.74) is -19.3. The van der Waals surface area contributed by atoms with E-state index in [-0.39, 0.29) is 53.0 Å². The van der Waals surface area contributed by atoms with E-state index in [2.05, 4.69) is 5.32 Å². The highest BCUT2D eigenvalue weighted by Gasteiger charge is 2.74. The largest absolute Gasteiger partial charge is 0.478 e. The summed E-state index contributed by atoms with van der Waals surface area (Å²) in [7, 11) is 0.929. The maximum Gasteiger partial charge on any atom is 0.411 e. The molecule has 0 bridgehead atoms. The van der Waals surface area contributed by atoms with E-state index in [1.54, 1.807) is 31.2 Å². The Bertz CT molecular complexity index is 2900. The molecule has 0 aliphatic heterocycles. The number of anilines is 1. The Morgan fingerprint density at radius 2 is 0.714 bits per heavy atom. The molecular weight excluding hydrogens is 961 g/mol. The second-order valence-corrected chi connectivity index (χ2v) is 15.2. The summed E-state index contributed by atoms with van der Waals surface area (Å²) in [6, 6.07) is 17.7. The maximum absolute atomic E-state index is 15.1. The van der Waals surface area contributed by atoms with Crippen molar-refractivity contribution in [1.82, 2.24) is 5.32 Å². The molecule has 0 unspecified atom stereocenters. The van der Waals surface area contributed by atoms with Crippen molar-refractivity contribution in [3.05, 3.63) is 184 Å². The third kappa shape index (κ3) is 9.52. The molecule has 366 valence electrons. The number of benzene rings is 6. The van der Waals surface area contributed by atoms with Gasteiger partial charge in [-0.15, -0.1) is 0 Å². The molecule has 6 aromatic carbocycles. The molecule has 2 amide bonds. The van der Waals surface area contributed by atoms with E-state index >= 15 is 26.3 Å². The summed E-state index contributed by atoms with van der Waals surface area (Å²) in [6.45, 7) is 1.79. The molecule has 0 saturated heterocycles. The number of amides is 2. The van der Waals surface area contributed by atoms with Crippen LogP contribution in [-0.2, 0) is 10.8 Å². The number of hydrogen-bond donors (Lipinski definition) is 4. The van der Waals surface area contributed by atoms with Crippen LogP contribution >= 0.6 is 0 Å². The van der Waals surface area contributed by atoms with Crippen LogP contribution in [-0.4, -0.2) is 65.7 Å². The zero-order valence-corrected chi connectivity index (χ0v) is 35.6. The molecule has 22 heteroatoms. The normalized spacial score (nSPS) is 12.5. The van der Waals surface area contributed by atoms with Crippen LogP contribution < -0.4 is 20.1 Å². The van der Waals surface area contributed by atoms with Crippen LogP contribution in [0.3, 0.4) is 0 Å². The van der Waals surface area contributed by atoms with Gasteiger partial charge in [-0.25, -0.2) is 9.59 Å². The van der Waals surface area contributed by atoms with E-state index in [1.165, 1.54) is 0 Å². The van der Waals surface area contributed by atoms with Crippen LogP contribution in [0.5, 0.6) is 23.0 Å². The van der Waals surface area contributed by atoms with Gasteiger partial charge in [0.1, 0.15) is 23.0 Å². The lowest BCUT2D eigenvalue weighted by Gasteiger charge is -2.38. The lowest BCUT2D eigenvalue weighted by Crippen LogP contribution is -2.55. The van der Waals surface area contributed by atoms with Crippen LogP contribution in [0.1, 0.15) is 69.2 Å². The number of ether oxygens (including phenoxy) is 2. The van der Waals surface area contributed by atoms with E-state index in [4.69, 9.17) is 9.47 Å². The van der Waals surface area contributed by atoms with Gasteiger partial charge in [0.2, 0.25) is 10.8 Å². The number of alkyl halides is 12. The summed E-state index contributed by atoms with van der Waals surface area (Å²) >= 11 is 0. The predicted molar refractivity (Wildman–Crippen MR) is 225 cm³/mol. The quantitative estimate of drug-likeness (QED) is 0.0835. The van der Waals surface area contributed by atoms with Crippen molar-refractivity contribution in [2.75, 3.05) is 12.4 Å². The van der Waals surface area contributed by atoms with Crippen LogP contribution in [0, 0.1) is 6.92 Å². The number of hydrogen-bond acceptors (Lipinski definition) is 6. The first-order chi connectivity index (χ1) is 32.6. The predicted octanol–water partition coefficient (Wildman–Crippen LogP) is 12.4. The molecule has 6 aromatic rings. The topological polar surface area (TPSA) is 151 Å². The fraction of sp³-hybridized carbons (Fsp3) is 0.167. The molecular formula is C48H32F12N2O8. The Balaban J connectivity index is 1.29. The molecule has 10 nitrogen and oxygen atoms in total. The van der Waals surface area contributed by atoms with Crippen LogP contribution in [0.2, 0.25) is 0 Å². The molecule has 0 saturated carbocycles. The van der Waals surface area contributed by atoms with Crippen LogP contribution in [0.15, 0.2) is 133 Å². The van der Waals surface area contributed by atoms with Crippen molar-refractivity contribution in [1.29, 1.82) is 0 Å². The second-order valence-electron chi connectivity index (χ2n) is 15.2. The molecule has 0 fully saturated rings. The van der Waals surface area contributed by atoms with Crippen molar-refractivity contribution in [3.63, 3.8) is 0 Å². The van der Waals surface area contributed by atoms with Gasteiger partial charge in [-0.2, -0.15) is 52.7 Å². The number of nitrogens with one attached hydrogen (secondary N) is 2. The molecule has 0 heterocycles. The van der Waals surface area contributed by atoms with Crippen LogP contribution in [0.4, 0.5) is 58.4 Å². The maximum atomic E-state index is 15.1. The Morgan fingerprint density at radius 1 is 0.414 bits per heavy atom. The zero-order chi connectivity index (χ0) is 51.8. The number of carbonyl (C=O) groups excluding carboxylic acids is 2. The van der Waals surface area contributed by atoms with E-state index in [1.807, 2.05) is 5.32 Å². The van der Waals surface area contributed by atoms with Crippen molar-refractivity contribution in [3.8, 4) is 23.0 Å². The first-order valence-corrected chi connectivity index (χ1v) is 19.9. The number of carbonyl (C=O) groups is 4. The van der Waals surface area contributed by atoms with Crippen molar-refractivity contribution in [2.45, 2.75) is 42.5 Å². The summed E-state index contributed by atoms with van der Waals surface area (Å²) in [5.74, 6) is -6.99. The standard InChI is InChI=1S/C48H32F12N2O8/c1-25-3-13-31(14-4-25)69-32-15-5-26(6-16-32)43(45(49,50)51,46(52,53)54)27-7-17-33(18-8-27)70-34-19-11-30(12-20-34)62-40(64)38-24-29(10-22-36(38)42(67)68)44(47(55,56)57,48(58,59)60)28-9-21-35(41(65)66)37(23-28)39(63)61-2/h3-24H,1-2H3,(H,61,63)(H,62,64)(H,65,66)(H,67,68). The van der Waals surface area contributed by atoms with Gasteiger partial charge in [-0.3, -0.25) is 9.59 Å². The van der Waals surface area contributed by atoms with Gasteiger partial charge < -0.3 is 30.3 Å². The van der Waals surface area contributed by atoms with Gasteiger partial charge in [-0.05, 0) is 114 Å². The minimum absolute atomic E-state index is 0.0218. The number of halogens is 12. The number of aromatic carboxylic acids is 2. The van der Waals surface area contributed by atoms with Gasteiger partial charge in [0, 0.05) is 12.7 Å². The third-order valence-electron chi connectivity index (χ3n) is 11.0. The van der Waals surface area contributed by atoms with Crippen molar-refractivity contribution in [2.24, 2.45) is 0 Å². The monoisotopic (exact) mass is 992 g/mol. The summed E-state index contributed by atoms with van der Waals surface area (Å²) < 4.78 is 191. The molecule has 0 atom stereocenters. The molecule has 70 heavy (non-hydrogen) atoms. The van der Waals surface area contributed by atoms with Crippen molar-refractivity contribution < 1.29 is 91.5 Å². The average Bonchev–Trinajstić information content (AvgIpc) is 3.27. The summed E-state index contributed by atoms with van der Waals surface area (Å²) in [6.07, 6.45) is -24.6. The zero-order valence-electron chi connectivity index (χ0n) is 35.6. The molecule has 6 rings (SSSR count). The highest BCUT2D eigenvalue weighted by atomic mass is 19.4. The summed E-state index contributed by atoms with van der Waals surface area (Å²) in [4.78, 5) is 49.9. The molecule has 0 aliphatic carbocycles. The van der Waals surface area contributed by atoms with Gasteiger partial charge in [-0.1, -0.05) is 54.1 Å². The molecule has 4 N–H and O–H groups in total. The van der Waals surface area contributed by atoms with E-state index in [9.17, 15) is 55.7 Å². The minimum atomic E-state index is -6.35. The van der Waals surface area contributed by atoms with Crippen molar-refractivity contribution >= 4 is 29.4 Å². The number of rotatable bonds is 13. The first-order valence-electron chi connectivity index (χ1n) is 19.9. The highest BCUT2D eigenvalue weighted by Crippen LogP contribution is 2.58. The molecule has 0 aromatic heterocycles. The lowest BCUT2D eigenvalue weighted by atomic mass is 9.71. The van der Waals surface area contributed by atoms with Gasteiger partial charge in [0.15, 0.2) is 0 Å². The number of carboxylic acids is 2. The Morgan fingerprint density at radius 3 is 1.04 bits per heavy atom.